The number of hydrogen-bond donors (Lipinski definition) is 0. The Bertz CT molecular complexity index is 929. The number of pyridine rings is 1. The molecule has 0 bridgehead atoms. The Balaban J connectivity index is 1.59. The van der Waals surface area contributed by atoms with Gasteiger partial charge in [0.25, 0.3) is 5.91 Å². The van der Waals surface area contributed by atoms with Crippen molar-refractivity contribution in [2.24, 2.45) is 0 Å². The molecule has 4 rings (SSSR count). The lowest BCUT2D eigenvalue weighted by atomic mass is 10.1. The first-order valence-electron chi connectivity index (χ1n) is 9.42. The Labute approximate surface area is 164 Å². The highest BCUT2D eigenvalue weighted by Crippen LogP contribution is 2.34. The number of hydrogen-bond acceptors (Lipinski definition) is 4. The third kappa shape index (κ3) is 4.14. The van der Waals surface area contributed by atoms with E-state index in [1.807, 2.05) is 47.4 Å². The molecule has 3 aromatic rings. The number of amides is 1. The maximum Gasteiger partial charge on any atom is 0.258 e. The number of fused-ring (bicyclic) bond motifs is 1. The normalized spacial score (nSPS) is 12.4. The predicted molar refractivity (Wildman–Crippen MR) is 107 cm³/mol. The van der Waals surface area contributed by atoms with Crippen LogP contribution in [0, 0.1) is 0 Å². The van der Waals surface area contributed by atoms with Crippen LogP contribution in [0.15, 0.2) is 73.1 Å². The summed E-state index contributed by atoms with van der Waals surface area (Å²) in [4.78, 5) is 19.3. The van der Waals surface area contributed by atoms with E-state index < -0.39 is 0 Å². The van der Waals surface area contributed by atoms with Crippen molar-refractivity contribution in [3.8, 4) is 11.5 Å². The van der Waals surface area contributed by atoms with Gasteiger partial charge in [0.2, 0.25) is 0 Å². The standard InChI is InChI=1S/C23H22N2O3/c26-23(20-7-4-8-21-22(20)28-16-15-27-21)25(17-19-9-12-24-13-10-19)14-11-18-5-2-1-3-6-18/h1-10,12-13H,11,14-17H2. The summed E-state index contributed by atoms with van der Waals surface area (Å²) < 4.78 is 11.4. The Hall–Kier alpha value is -3.34. The van der Waals surface area contributed by atoms with Gasteiger partial charge < -0.3 is 14.4 Å². The van der Waals surface area contributed by atoms with Gasteiger partial charge >= 0.3 is 0 Å². The lowest BCUT2D eigenvalue weighted by Crippen LogP contribution is -2.33. The van der Waals surface area contributed by atoms with Crippen LogP contribution in [-0.2, 0) is 13.0 Å². The minimum absolute atomic E-state index is 0.0601. The van der Waals surface area contributed by atoms with Gasteiger partial charge in [0.15, 0.2) is 11.5 Å². The van der Waals surface area contributed by atoms with Crippen molar-refractivity contribution in [1.82, 2.24) is 9.88 Å². The predicted octanol–water partition coefficient (Wildman–Crippen LogP) is 3.74. The van der Waals surface area contributed by atoms with Crippen LogP contribution in [0.2, 0.25) is 0 Å². The largest absolute Gasteiger partial charge is 0.486 e. The molecule has 0 N–H and O–H groups in total. The van der Waals surface area contributed by atoms with E-state index in [9.17, 15) is 4.79 Å². The highest BCUT2D eigenvalue weighted by molar-refractivity contribution is 5.97. The first kappa shape index (κ1) is 18.0. The van der Waals surface area contributed by atoms with Crippen molar-refractivity contribution in [2.75, 3.05) is 19.8 Å². The van der Waals surface area contributed by atoms with Crippen LogP contribution < -0.4 is 9.47 Å². The second-order valence-corrected chi connectivity index (χ2v) is 6.65. The van der Waals surface area contributed by atoms with E-state index in [1.165, 1.54) is 5.56 Å². The Kier molecular flexibility index (Phi) is 5.52. The van der Waals surface area contributed by atoms with E-state index >= 15 is 0 Å². The van der Waals surface area contributed by atoms with E-state index in [4.69, 9.17) is 9.47 Å². The van der Waals surface area contributed by atoms with Gasteiger partial charge in [-0.25, -0.2) is 0 Å². The van der Waals surface area contributed by atoms with Gasteiger partial charge in [-0.2, -0.15) is 0 Å². The number of para-hydroxylation sites is 1. The summed E-state index contributed by atoms with van der Waals surface area (Å²) >= 11 is 0. The van der Waals surface area contributed by atoms with Gasteiger partial charge in [-0.15, -0.1) is 0 Å². The van der Waals surface area contributed by atoms with Crippen molar-refractivity contribution in [3.05, 3.63) is 89.7 Å². The van der Waals surface area contributed by atoms with E-state index in [0.29, 0.717) is 43.4 Å². The average molecular weight is 374 g/mol. The number of carbonyl (C=O) groups excluding carboxylic acids is 1. The second kappa shape index (κ2) is 8.57. The van der Waals surface area contributed by atoms with Crippen LogP contribution in [-0.4, -0.2) is 35.5 Å². The Morgan fingerprint density at radius 1 is 0.893 bits per heavy atom. The molecule has 0 unspecified atom stereocenters. The fraction of sp³-hybridized carbons (Fsp3) is 0.217. The fourth-order valence-corrected chi connectivity index (χ4v) is 3.28. The van der Waals surface area contributed by atoms with Gasteiger partial charge in [0.1, 0.15) is 13.2 Å². The highest BCUT2D eigenvalue weighted by Gasteiger charge is 2.24. The fourth-order valence-electron chi connectivity index (χ4n) is 3.28. The molecule has 0 saturated carbocycles. The molecule has 28 heavy (non-hydrogen) atoms. The lowest BCUT2D eigenvalue weighted by Gasteiger charge is -2.26. The summed E-state index contributed by atoms with van der Waals surface area (Å²) in [5.41, 5.74) is 2.78. The zero-order valence-electron chi connectivity index (χ0n) is 15.6. The van der Waals surface area contributed by atoms with Gasteiger partial charge in [0, 0.05) is 25.5 Å². The molecular formula is C23H22N2O3. The van der Waals surface area contributed by atoms with Crippen molar-refractivity contribution < 1.29 is 14.3 Å². The molecule has 1 aliphatic rings. The molecule has 0 spiro atoms. The molecule has 0 aliphatic carbocycles. The number of nitrogens with zero attached hydrogens (tertiary/aromatic N) is 2. The third-order valence-corrected chi connectivity index (χ3v) is 4.72. The summed E-state index contributed by atoms with van der Waals surface area (Å²) in [5, 5.41) is 0. The van der Waals surface area contributed by atoms with Crippen LogP contribution in [0.3, 0.4) is 0 Å². The SMILES string of the molecule is O=C(c1cccc2c1OCCO2)N(CCc1ccccc1)Cc1ccncc1. The molecule has 2 aromatic carbocycles. The van der Waals surface area contributed by atoms with Gasteiger partial charge in [-0.1, -0.05) is 36.4 Å². The van der Waals surface area contributed by atoms with Crippen molar-refractivity contribution in [3.63, 3.8) is 0 Å². The number of benzene rings is 2. The molecule has 5 heteroatoms. The molecule has 0 fully saturated rings. The molecule has 2 heterocycles. The van der Waals surface area contributed by atoms with Gasteiger partial charge in [-0.3, -0.25) is 9.78 Å². The third-order valence-electron chi connectivity index (χ3n) is 4.72. The Morgan fingerprint density at radius 2 is 1.68 bits per heavy atom. The van der Waals surface area contributed by atoms with Crippen LogP contribution in [0.4, 0.5) is 0 Å². The van der Waals surface area contributed by atoms with E-state index in [-0.39, 0.29) is 5.91 Å². The lowest BCUT2D eigenvalue weighted by molar-refractivity contribution is 0.0734. The average Bonchev–Trinajstić information content (AvgIpc) is 2.77. The maximum atomic E-state index is 13.4. The first-order valence-corrected chi connectivity index (χ1v) is 9.42. The number of rotatable bonds is 6. The van der Waals surface area contributed by atoms with Gasteiger partial charge in [0.05, 0.1) is 5.56 Å². The van der Waals surface area contributed by atoms with E-state index in [0.717, 1.165) is 12.0 Å². The van der Waals surface area contributed by atoms with Crippen LogP contribution >= 0.6 is 0 Å². The van der Waals surface area contributed by atoms with Crippen LogP contribution in [0.5, 0.6) is 11.5 Å². The van der Waals surface area contributed by atoms with E-state index in [1.54, 1.807) is 18.5 Å². The van der Waals surface area contributed by atoms with E-state index in [2.05, 4.69) is 17.1 Å². The number of ether oxygens (including phenoxy) is 2. The minimum atomic E-state index is -0.0601. The molecule has 142 valence electrons. The zero-order chi connectivity index (χ0) is 19.2. The molecular weight excluding hydrogens is 352 g/mol. The Morgan fingerprint density at radius 3 is 2.50 bits per heavy atom. The molecule has 1 amide bonds. The molecule has 0 atom stereocenters. The summed E-state index contributed by atoms with van der Waals surface area (Å²) in [6.07, 6.45) is 4.27. The number of aromatic nitrogens is 1. The maximum absolute atomic E-state index is 13.4. The van der Waals surface area contributed by atoms with Crippen molar-refractivity contribution in [1.29, 1.82) is 0 Å². The topological polar surface area (TPSA) is 51.7 Å². The summed E-state index contributed by atoms with van der Waals surface area (Å²) in [6.45, 7) is 2.07. The smallest absolute Gasteiger partial charge is 0.258 e. The summed E-state index contributed by atoms with van der Waals surface area (Å²) in [7, 11) is 0. The quantitative estimate of drug-likeness (QED) is 0.660. The van der Waals surface area contributed by atoms with Crippen molar-refractivity contribution in [2.45, 2.75) is 13.0 Å². The first-order chi connectivity index (χ1) is 13.8. The molecule has 1 aromatic heterocycles. The number of carbonyl (C=O) groups is 1. The summed E-state index contributed by atoms with van der Waals surface area (Å²) in [6, 6.07) is 19.5. The zero-order valence-corrected chi connectivity index (χ0v) is 15.6. The van der Waals surface area contributed by atoms with Gasteiger partial charge in [-0.05, 0) is 41.8 Å². The molecule has 1 aliphatic heterocycles. The van der Waals surface area contributed by atoms with Crippen molar-refractivity contribution >= 4 is 5.91 Å². The highest BCUT2D eigenvalue weighted by atomic mass is 16.6. The molecule has 0 radical (unpaired) electrons. The monoisotopic (exact) mass is 374 g/mol. The van der Waals surface area contributed by atoms with Crippen LogP contribution in [0.1, 0.15) is 21.5 Å². The van der Waals surface area contributed by atoms with Crippen LogP contribution in [0.25, 0.3) is 0 Å². The molecule has 5 nitrogen and oxygen atoms in total. The second-order valence-electron chi connectivity index (χ2n) is 6.65. The summed E-state index contributed by atoms with van der Waals surface area (Å²) in [5.74, 6) is 1.11. The molecule has 0 saturated heterocycles. The minimum Gasteiger partial charge on any atom is -0.486 e.